The summed E-state index contributed by atoms with van der Waals surface area (Å²) in [5.74, 6) is 0.752. The summed E-state index contributed by atoms with van der Waals surface area (Å²) in [7, 11) is 3.59. The van der Waals surface area contributed by atoms with Crippen molar-refractivity contribution in [3.63, 3.8) is 0 Å². The molecule has 0 spiro atoms. The first-order valence-corrected chi connectivity index (χ1v) is 10.2. The molecule has 158 valence electrons. The highest BCUT2D eigenvalue weighted by Gasteiger charge is 2.17. The highest BCUT2D eigenvalue weighted by atomic mass is 16.5. The van der Waals surface area contributed by atoms with E-state index >= 15 is 0 Å². The van der Waals surface area contributed by atoms with Gasteiger partial charge in [-0.25, -0.2) is 0 Å². The third-order valence-corrected chi connectivity index (χ3v) is 4.78. The van der Waals surface area contributed by atoms with Crippen LogP contribution in [0.5, 0.6) is 0 Å². The van der Waals surface area contributed by atoms with Gasteiger partial charge in [-0.05, 0) is 57.6 Å². The van der Waals surface area contributed by atoms with Crippen molar-refractivity contribution in [2.75, 3.05) is 26.0 Å². The first-order valence-electron chi connectivity index (χ1n) is 10.2. The number of amides is 1. The van der Waals surface area contributed by atoms with Crippen molar-refractivity contribution in [2.24, 2.45) is 0 Å². The number of allylic oxidation sites excluding steroid dienone is 2. The van der Waals surface area contributed by atoms with Gasteiger partial charge in [0.15, 0.2) is 0 Å². The van der Waals surface area contributed by atoms with Crippen LogP contribution in [0.2, 0.25) is 0 Å². The van der Waals surface area contributed by atoms with Crippen LogP contribution in [0.1, 0.15) is 32.3 Å². The smallest absolute Gasteiger partial charge is 0.211 e. The van der Waals surface area contributed by atoms with E-state index < -0.39 is 0 Å². The lowest BCUT2D eigenvalue weighted by Gasteiger charge is -2.09. The Labute approximate surface area is 178 Å². The van der Waals surface area contributed by atoms with Crippen LogP contribution in [0.25, 0.3) is 23.4 Å². The summed E-state index contributed by atoms with van der Waals surface area (Å²) in [4.78, 5) is 10.7. The van der Waals surface area contributed by atoms with E-state index in [0.717, 1.165) is 47.1 Å². The molecule has 1 aromatic heterocycles. The number of ether oxygens (including phenoxy) is 1. The van der Waals surface area contributed by atoms with Gasteiger partial charge in [0.05, 0.1) is 18.4 Å². The average molecular weight is 407 g/mol. The zero-order valence-corrected chi connectivity index (χ0v) is 18.2. The van der Waals surface area contributed by atoms with Crippen LogP contribution in [-0.2, 0) is 16.1 Å². The van der Waals surface area contributed by atoms with E-state index in [-0.39, 0.29) is 0 Å². The first kappa shape index (κ1) is 23.0. The molecule has 1 aliphatic carbocycles. The van der Waals surface area contributed by atoms with Crippen LogP contribution in [-0.4, -0.2) is 31.7 Å². The third-order valence-electron chi connectivity index (χ3n) is 4.78. The van der Waals surface area contributed by atoms with Gasteiger partial charge in [0.2, 0.25) is 6.41 Å². The quantitative estimate of drug-likeness (QED) is 0.693. The highest BCUT2D eigenvalue weighted by Crippen LogP contribution is 2.24. The summed E-state index contributed by atoms with van der Waals surface area (Å²) < 4.78 is 7.52. The molecule has 1 aliphatic rings. The molecule has 3 rings (SSSR count). The number of anilines is 1. The Balaban J connectivity index is 0.000000575. The number of rotatable bonds is 7. The van der Waals surface area contributed by atoms with Crippen molar-refractivity contribution in [3.05, 3.63) is 52.2 Å². The fraction of sp³-hybridized carbons (Fsp3) is 0.333. The summed E-state index contributed by atoms with van der Waals surface area (Å²) >= 11 is 0. The first-order chi connectivity index (χ1) is 14.6. The summed E-state index contributed by atoms with van der Waals surface area (Å²) in [6, 6.07) is 9.87. The Morgan fingerprint density at radius 1 is 1.30 bits per heavy atom. The van der Waals surface area contributed by atoms with Gasteiger partial charge >= 0.3 is 0 Å². The predicted molar refractivity (Wildman–Crippen MR) is 122 cm³/mol. The summed E-state index contributed by atoms with van der Waals surface area (Å²) in [6.45, 7) is 6.08. The number of carbonyl (C=O) groups is 1. The van der Waals surface area contributed by atoms with Crippen LogP contribution in [0, 0.1) is 11.3 Å². The number of fused-ring (bicyclic) bond motifs is 1. The van der Waals surface area contributed by atoms with Crippen LogP contribution in [0.15, 0.2) is 36.1 Å². The molecule has 1 heterocycles. The molecule has 1 aromatic carbocycles. The van der Waals surface area contributed by atoms with Crippen molar-refractivity contribution < 1.29 is 9.53 Å². The van der Waals surface area contributed by atoms with E-state index in [2.05, 4.69) is 41.2 Å². The third kappa shape index (κ3) is 5.19. The number of nitrogens with zero attached hydrogens (tertiary/aromatic N) is 2. The molecule has 0 atom stereocenters. The van der Waals surface area contributed by atoms with Gasteiger partial charge < -0.3 is 19.9 Å². The zero-order chi connectivity index (χ0) is 21.9. The standard InChI is InChI=1S/C20H19N3O2.C4H11N/c1-3-23-19-9-5-8-16(25-2)11-17(19)18(12-21)20(23)14-6-4-7-15(10-14)22-13-24;1-3-4-5-2/h4,6-11,13H,3,5H2,1-2H3,(H,22,24);5H,3-4H2,1-2H3. The molecule has 0 fully saturated rings. The van der Waals surface area contributed by atoms with Crippen molar-refractivity contribution >= 4 is 24.2 Å². The Hall–Kier alpha value is -3.30. The molecule has 2 aromatic rings. The second-order valence-corrected chi connectivity index (χ2v) is 6.72. The molecular formula is C24H30N4O2. The van der Waals surface area contributed by atoms with E-state index in [4.69, 9.17) is 4.74 Å². The minimum absolute atomic E-state index is 0.612. The number of hydrogen-bond donors (Lipinski definition) is 2. The molecule has 2 N–H and O–H groups in total. The highest BCUT2D eigenvalue weighted by molar-refractivity contribution is 5.77. The molecule has 0 unspecified atom stereocenters. The minimum atomic E-state index is 0.612. The zero-order valence-electron chi connectivity index (χ0n) is 18.2. The number of nitrogens with one attached hydrogen (secondary N) is 2. The number of nitriles is 1. The molecule has 0 radical (unpaired) electrons. The molecule has 0 saturated heterocycles. The van der Waals surface area contributed by atoms with Crippen LogP contribution in [0.3, 0.4) is 0 Å². The van der Waals surface area contributed by atoms with Crippen molar-refractivity contribution in [2.45, 2.75) is 33.2 Å². The van der Waals surface area contributed by atoms with Crippen molar-refractivity contribution in [3.8, 4) is 17.3 Å². The van der Waals surface area contributed by atoms with E-state index in [9.17, 15) is 10.1 Å². The van der Waals surface area contributed by atoms with E-state index in [1.807, 2.05) is 43.5 Å². The number of aromatic nitrogens is 1. The van der Waals surface area contributed by atoms with Gasteiger partial charge in [0.1, 0.15) is 11.8 Å². The van der Waals surface area contributed by atoms with Gasteiger partial charge in [-0.1, -0.05) is 25.1 Å². The number of carbonyl (C=O) groups excluding carboxylic acids is 1. The number of benzene rings is 1. The van der Waals surface area contributed by atoms with E-state index in [1.54, 1.807) is 7.11 Å². The van der Waals surface area contributed by atoms with Crippen LogP contribution in [0.4, 0.5) is 5.69 Å². The monoisotopic (exact) mass is 406 g/mol. The van der Waals surface area contributed by atoms with E-state index in [1.165, 1.54) is 6.42 Å². The predicted octanol–water partition coefficient (Wildman–Crippen LogP) is 2.73. The van der Waals surface area contributed by atoms with Crippen LogP contribution >= 0.6 is 0 Å². The van der Waals surface area contributed by atoms with Crippen LogP contribution < -0.4 is 21.2 Å². The summed E-state index contributed by atoms with van der Waals surface area (Å²) in [6.07, 6.45) is 8.65. The Morgan fingerprint density at radius 2 is 2.10 bits per heavy atom. The lowest BCUT2D eigenvalue weighted by Crippen LogP contribution is -2.29. The number of hydrogen-bond acceptors (Lipinski definition) is 4. The van der Waals surface area contributed by atoms with Crippen molar-refractivity contribution in [1.29, 1.82) is 5.26 Å². The Morgan fingerprint density at radius 3 is 2.67 bits per heavy atom. The fourth-order valence-electron chi connectivity index (χ4n) is 3.47. The lowest BCUT2D eigenvalue weighted by molar-refractivity contribution is -0.105. The molecule has 1 amide bonds. The Bertz CT molecular complexity index is 1060. The van der Waals surface area contributed by atoms with Gasteiger partial charge in [0, 0.05) is 28.4 Å². The minimum Gasteiger partial charge on any atom is -0.497 e. The second-order valence-electron chi connectivity index (χ2n) is 6.72. The normalized spacial score (nSPS) is 11.9. The van der Waals surface area contributed by atoms with Gasteiger partial charge in [-0.15, -0.1) is 0 Å². The Kier molecular flexibility index (Phi) is 8.92. The molecule has 6 nitrogen and oxygen atoms in total. The summed E-state index contributed by atoms with van der Waals surface area (Å²) in [5.41, 5.74) is 3.06. The maximum absolute atomic E-state index is 10.7. The largest absolute Gasteiger partial charge is 0.497 e. The second kappa shape index (κ2) is 11.6. The molecule has 0 saturated carbocycles. The molecular weight excluding hydrogens is 376 g/mol. The molecule has 0 bridgehead atoms. The molecule has 6 heteroatoms. The topological polar surface area (TPSA) is 79.1 Å². The maximum atomic E-state index is 10.7. The average Bonchev–Trinajstić information content (AvgIpc) is 2.90. The van der Waals surface area contributed by atoms with Gasteiger partial charge in [-0.2, -0.15) is 5.26 Å². The summed E-state index contributed by atoms with van der Waals surface area (Å²) in [5, 5.41) is 17.4. The fourth-order valence-corrected chi connectivity index (χ4v) is 3.47. The van der Waals surface area contributed by atoms with Gasteiger partial charge in [0.25, 0.3) is 0 Å². The van der Waals surface area contributed by atoms with Crippen molar-refractivity contribution in [1.82, 2.24) is 9.88 Å². The molecule has 0 aliphatic heterocycles. The molecule has 30 heavy (non-hydrogen) atoms. The maximum Gasteiger partial charge on any atom is 0.211 e. The van der Waals surface area contributed by atoms with E-state index in [0.29, 0.717) is 17.7 Å². The lowest BCUT2D eigenvalue weighted by atomic mass is 10.1. The van der Waals surface area contributed by atoms with Gasteiger partial charge in [-0.3, -0.25) is 4.79 Å². The SMILES string of the molecule is CCCNC.CCn1c(-c2cccc(NC=O)c2)c(C#N)c2c1=CCC=C(OC)C=2. The number of methoxy groups -OCH3 is 1.